The van der Waals surface area contributed by atoms with E-state index in [1.807, 2.05) is 20.8 Å². The number of hydrogen-bond donors (Lipinski definition) is 3. The van der Waals surface area contributed by atoms with Crippen LogP contribution in [0.5, 0.6) is 5.75 Å². The molecule has 1 aromatic heterocycles. The van der Waals surface area contributed by atoms with Crippen LogP contribution in [0.15, 0.2) is 35.7 Å². The fraction of sp³-hybridized carbons (Fsp3) is 0.542. The van der Waals surface area contributed by atoms with Gasteiger partial charge >= 0.3 is 6.03 Å². The van der Waals surface area contributed by atoms with Crippen LogP contribution in [0.25, 0.3) is 0 Å². The van der Waals surface area contributed by atoms with Gasteiger partial charge in [-0.1, -0.05) is 13.0 Å². The summed E-state index contributed by atoms with van der Waals surface area (Å²) in [7, 11) is -0.787. The summed E-state index contributed by atoms with van der Waals surface area (Å²) in [4.78, 5) is 33.1. The first-order valence-corrected chi connectivity index (χ1v) is 13.6. The second-order valence-corrected chi connectivity index (χ2v) is 11.4. The molecule has 0 bridgehead atoms. The number of carbonyl (C=O) groups is 2. The summed E-state index contributed by atoms with van der Waals surface area (Å²) in [5, 5.41) is 12.5. The molecule has 1 aliphatic heterocycles. The molecule has 0 unspecified atom stereocenters. The van der Waals surface area contributed by atoms with E-state index in [2.05, 4.69) is 15.0 Å². The standard InChI is InChI=1S/C24H36N6O6S/c1-15(2)26-24(33)29(6)11-20-16(3)10-30(17(4)13-31)23(32)18-8-7-9-19(22(18)36-20)27-37(34,35)21-12-28(5)14-25-21/h7-9,12,14-17,20,27,31H,10-11,13H2,1-6H3,(H,26,33)/t16-,17+,20-/m0/s1. The van der Waals surface area contributed by atoms with Crippen LogP contribution in [0.1, 0.15) is 38.1 Å². The molecule has 3 amide bonds. The van der Waals surface area contributed by atoms with E-state index in [0.717, 1.165) is 0 Å². The van der Waals surface area contributed by atoms with E-state index in [0.29, 0.717) is 0 Å². The number of aliphatic hydroxyl groups excluding tert-OH is 1. The molecule has 1 aliphatic rings. The molecule has 37 heavy (non-hydrogen) atoms. The van der Waals surface area contributed by atoms with Gasteiger partial charge in [-0.3, -0.25) is 9.52 Å². The van der Waals surface area contributed by atoms with Crippen molar-refractivity contribution in [1.29, 1.82) is 0 Å². The fourth-order valence-electron chi connectivity index (χ4n) is 3.98. The van der Waals surface area contributed by atoms with E-state index < -0.39 is 28.1 Å². The Morgan fingerprint density at radius 3 is 2.62 bits per heavy atom. The highest BCUT2D eigenvalue weighted by molar-refractivity contribution is 7.92. The first kappa shape index (κ1) is 28.3. The third kappa shape index (κ3) is 6.52. The molecule has 1 aromatic carbocycles. The number of likely N-dealkylation sites (N-methyl/N-ethyl adjacent to an activating group) is 1. The average molecular weight is 537 g/mol. The molecule has 3 rings (SSSR count). The van der Waals surface area contributed by atoms with Crippen LogP contribution >= 0.6 is 0 Å². The van der Waals surface area contributed by atoms with Gasteiger partial charge in [-0.25, -0.2) is 9.78 Å². The molecule has 2 heterocycles. The molecule has 0 saturated carbocycles. The SMILES string of the molecule is CC(C)NC(=O)N(C)C[C@@H]1Oc2c(NS(=O)(=O)c3cn(C)cn3)cccc2C(=O)N([C@H](C)CO)C[C@@H]1C. The maximum absolute atomic E-state index is 13.6. The number of para-hydroxylation sites is 1. The molecule has 0 aliphatic carbocycles. The third-order valence-electron chi connectivity index (χ3n) is 6.10. The fourth-order valence-corrected chi connectivity index (χ4v) is 5.02. The molecular formula is C24H36N6O6S. The monoisotopic (exact) mass is 536 g/mol. The second-order valence-electron chi connectivity index (χ2n) is 9.77. The molecule has 3 N–H and O–H groups in total. The predicted octanol–water partition coefficient (Wildman–Crippen LogP) is 1.49. The Hall–Kier alpha value is -3.32. The van der Waals surface area contributed by atoms with Crippen LogP contribution in [-0.4, -0.2) is 89.7 Å². The Morgan fingerprint density at radius 2 is 2.03 bits per heavy atom. The second kappa shape index (κ2) is 11.4. The van der Waals surface area contributed by atoms with E-state index in [1.54, 1.807) is 38.1 Å². The van der Waals surface area contributed by atoms with Gasteiger partial charge in [0.1, 0.15) is 6.10 Å². The van der Waals surface area contributed by atoms with Crippen LogP contribution in [0.2, 0.25) is 0 Å². The summed E-state index contributed by atoms with van der Waals surface area (Å²) >= 11 is 0. The van der Waals surface area contributed by atoms with Crippen LogP contribution in [0, 0.1) is 5.92 Å². The van der Waals surface area contributed by atoms with Crippen molar-refractivity contribution in [1.82, 2.24) is 24.7 Å². The first-order valence-electron chi connectivity index (χ1n) is 12.1. The van der Waals surface area contributed by atoms with Gasteiger partial charge in [0.2, 0.25) is 0 Å². The number of nitrogens with zero attached hydrogens (tertiary/aromatic N) is 4. The number of nitrogens with one attached hydrogen (secondary N) is 2. The Morgan fingerprint density at radius 1 is 1.32 bits per heavy atom. The van der Waals surface area contributed by atoms with Gasteiger partial charge in [-0.2, -0.15) is 8.42 Å². The van der Waals surface area contributed by atoms with E-state index in [1.165, 1.54) is 28.1 Å². The molecule has 12 nitrogen and oxygen atoms in total. The van der Waals surface area contributed by atoms with Crippen molar-refractivity contribution in [3.63, 3.8) is 0 Å². The molecular weight excluding hydrogens is 500 g/mol. The van der Waals surface area contributed by atoms with Crippen LogP contribution in [0.4, 0.5) is 10.5 Å². The summed E-state index contributed by atoms with van der Waals surface area (Å²) in [6.45, 7) is 7.53. The predicted molar refractivity (Wildman–Crippen MR) is 138 cm³/mol. The van der Waals surface area contributed by atoms with Crippen molar-refractivity contribution in [2.45, 2.75) is 50.9 Å². The third-order valence-corrected chi connectivity index (χ3v) is 7.35. The normalized spacial score (nSPS) is 18.9. The number of carbonyl (C=O) groups excluding carboxylic acids is 2. The van der Waals surface area contributed by atoms with Crippen LogP contribution in [-0.2, 0) is 17.1 Å². The highest BCUT2D eigenvalue weighted by atomic mass is 32.2. The highest BCUT2D eigenvalue weighted by Gasteiger charge is 2.35. The highest BCUT2D eigenvalue weighted by Crippen LogP contribution is 2.36. The lowest BCUT2D eigenvalue weighted by Crippen LogP contribution is -2.51. The molecule has 0 radical (unpaired) electrons. The molecule has 0 saturated heterocycles. The van der Waals surface area contributed by atoms with Gasteiger partial charge in [0.25, 0.3) is 15.9 Å². The number of imidazole rings is 1. The Bertz CT molecular complexity index is 1230. The van der Waals surface area contributed by atoms with Gasteiger partial charge in [-0.05, 0) is 32.9 Å². The summed E-state index contributed by atoms with van der Waals surface area (Å²) in [6, 6.07) is 3.78. The number of fused-ring (bicyclic) bond motifs is 1. The summed E-state index contributed by atoms with van der Waals surface area (Å²) in [5.41, 5.74) is 0.217. The van der Waals surface area contributed by atoms with Crippen LogP contribution < -0.4 is 14.8 Å². The molecule has 3 atom stereocenters. The van der Waals surface area contributed by atoms with Crippen LogP contribution in [0.3, 0.4) is 0 Å². The maximum atomic E-state index is 13.6. The summed E-state index contributed by atoms with van der Waals surface area (Å²) in [5.74, 6) is -0.608. The zero-order valence-corrected chi connectivity index (χ0v) is 22.8. The van der Waals surface area contributed by atoms with Gasteiger partial charge in [0.05, 0.1) is 36.8 Å². The minimum atomic E-state index is -4.08. The zero-order chi connectivity index (χ0) is 27.5. The quantitative estimate of drug-likeness (QED) is 0.463. The number of ether oxygens (including phenoxy) is 1. The topological polar surface area (TPSA) is 146 Å². The van der Waals surface area contributed by atoms with E-state index in [-0.39, 0.29) is 59.7 Å². The average Bonchev–Trinajstić information content (AvgIpc) is 3.27. The van der Waals surface area contributed by atoms with E-state index in [4.69, 9.17) is 4.74 Å². The van der Waals surface area contributed by atoms with Gasteiger partial charge in [-0.15, -0.1) is 0 Å². The van der Waals surface area contributed by atoms with Crippen molar-refractivity contribution in [2.24, 2.45) is 13.0 Å². The summed E-state index contributed by atoms with van der Waals surface area (Å²) < 4.78 is 36.4. The Kier molecular flexibility index (Phi) is 8.69. The number of aryl methyl sites for hydroxylation is 1. The lowest BCUT2D eigenvalue weighted by Gasteiger charge is -2.38. The Labute approximate surface area is 217 Å². The van der Waals surface area contributed by atoms with E-state index in [9.17, 15) is 23.1 Å². The van der Waals surface area contributed by atoms with E-state index >= 15 is 0 Å². The largest absolute Gasteiger partial charge is 0.485 e. The molecule has 204 valence electrons. The number of hydrogen-bond acceptors (Lipinski definition) is 7. The number of urea groups is 1. The smallest absolute Gasteiger partial charge is 0.317 e. The van der Waals surface area contributed by atoms with Gasteiger partial charge in [0, 0.05) is 38.8 Å². The van der Waals surface area contributed by atoms with Crippen molar-refractivity contribution >= 4 is 27.6 Å². The van der Waals surface area contributed by atoms with Crippen molar-refractivity contribution in [3.8, 4) is 5.75 Å². The number of aliphatic hydroxyl groups is 1. The zero-order valence-electron chi connectivity index (χ0n) is 22.0. The molecule has 0 fully saturated rings. The number of sulfonamides is 1. The Balaban J connectivity index is 2.05. The number of anilines is 1. The molecule has 0 spiro atoms. The minimum Gasteiger partial charge on any atom is -0.485 e. The van der Waals surface area contributed by atoms with Gasteiger partial charge in [0.15, 0.2) is 10.8 Å². The maximum Gasteiger partial charge on any atom is 0.317 e. The number of benzene rings is 1. The molecule has 13 heteroatoms. The van der Waals surface area contributed by atoms with Crippen molar-refractivity contribution < 1.29 is 27.9 Å². The molecule has 2 aromatic rings. The lowest BCUT2D eigenvalue weighted by molar-refractivity contribution is 0.0369. The van der Waals surface area contributed by atoms with Gasteiger partial charge < -0.3 is 29.5 Å². The number of rotatable bonds is 8. The summed E-state index contributed by atoms with van der Waals surface area (Å²) in [6.07, 6.45) is 2.14. The first-order chi connectivity index (χ1) is 17.3. The van der Waals surface area contributed by atoms with Crippen molar-refractivity contribution in [3.05, 3.63) is 36.3 Å². The number of amides is 3. The van der Waals surface area contributed by atoms with Crippen molar-refractivity contribution in [2.75, 3.05) is 31.5 Å². The number of aromatic nitrogens is 2. The minimum absolute atomic E-state index is 0.0522. The lowest BCUT2D eigenvalue weighted by atomic mass is 9.99.